The lowest BCUT2D eigenvalue weighted by molar-refractivity contribution is 0.402. The van der Waals surface area contributed by atoms with E-state index < -0.39 is 0 Å². The zero-order valence-corrected chi connectivity index (χ0v) is 18.8. The van der Waals surface area contributed by atoms with Crippen LogP contribution >= 0.6 is 0 Å². The molecule has 34 heavy (non-hydrogen) atoms. The molecule has 0 aliphatic rings. The van der Waals surface area contributed by atoms with Gasteiger partial charge in [0.2, 0.25) is 0 Å². The van der Waals surface area contributed by atoms with Gasteiger partial charge in [-0.15, -0.1) is 0 Å². The van der Waals surface area contributed by atoms with Crippen LogP contribution in [0.25, 0.3) is 56.0 Å². The van der Waals surface area contributed by atoms with E-state index in [1.807, 2.05) is 62.9 Å². The number of hydrogen-bond donors (Lipinski definition) is 2. The summed E-state index contributed by atoms with van der Waals surface area (Å²) in [5.74, 6) is 0. The molecule has 0 aliphatic heterocycles. The lowest BCUT2D eigenvalue weighted by Crippen LogP contribution is -2.10. The van der Waals surface area contributed by atoms with Crippen molar-refractivity contribution in [2.75, 3.05) is 14.1 Å². The van der Waals surface area contributed by atoms with E-state index in [1.54, 1.807) is 12.4 Å². The number of H-pyrrole nitrogens is 2. The molecule has 0 radical (unpaired) electrons. The molecule has 0 fully saturated rings. The van der Waals surface area contributed by atoms with Crippen LogP contribution in [0.5, 0.6) is 0 Å². The third-order valence-electron chi connectivity index (χ3n) is 5.71. The first kappa shape index (κ1) is 20.2. The van der Waals surface area contributed by atoms with Crippen molar-refractivity contribution in [3.63, 3.8) is 0 Å². The van der Waals surface area contributed by atoms with Gasteiger partial charge in [0.1, 0.15) is 11.2 Å². The van der Waals surface area contributed by atoms with Crippen LogP contribution in [0.1, 0.15) is 5.56 Å². The van der Waals surface area contributed by atoms with Crippen LogP contribution in [-0.4, -0.2) is 54.1 Å². The Balaban J connectivity index is 1.45. The van der Waals surface area contributed by atoms with Crippen LogP contribution in [0.3, 0.4) is 0 Å². The molecule has 0 aromatic carbocycles. The number of aromatic nitrogens is 7. The minimum absolute atomic E-state index is 0.762. The minimum Gasteiger partial charge on any atom is -0.353 e. The minimum atomic E-state index is 0.762. The van der Waals surface area contributed by atoms with E-state index in [0.717, 1.165) is 68.1 Å². The van der Waals surface area contributed by atoms with Gasteiger partial charge >= 0.3 is 0 Å². The maximum absolute atomic E-state index is 4.96. The van der Waals surface area contributed by atoms with Crippen molar-refractivity contribution in [1.29, 1.82) is 0 Å². The molecule has 0 bridgehead atoms. The largest absolute Gasteiger partial charge is 0.353 e. The van der Waals surface area contributed by atoms with E-state index in [9.17, 15) is 0 Å². The van der Waals surface area contributed by atoms with E-state index in [1.165, 1.54) is 0 Å². The topological polar surface area (TPSA) is 99.3 Å². The van der Waals surface area contributed by atoms with Gasteiger partial charge in [0, 0.05) is 47.8 Å². The van der Waals surface area contributed by atoms with Gasteiger partial charge in [-0.2, -0.15) is 5.10 Å². The van der Waals surface area contributed by atoms with E-state index in [-0.39, 0.29) is 0 Å². The van der Waals surface area contributed by atoms with Crippen molar-refractivity contribution in [2.45, 2.75) is 6.54 Å². The summed E-state index contributed by atoms with van der Waals surface area (Å²) >= 11 is 0. The third-order valence-corrected chi connectivity index (χ3v) is 5.71. The summed E-state index contributed by atoms with van der Waals surface area (Å²) in [7, 11) is 4.09. The first-order valence-corrected chi connectivity index (χ1v) is 11.0. The molecule has 8 nitrogen and oxygen atoms in total. The Bertz CT molecular complexity index is 1610. The van der Waals surface area contributed by atoms with Crippen LogP contribution in [0.2, 0.25) is 0 Å². The molecule has 6 heterocycles. The Morgan fingerprint density at radius 3 is 2.65 bits per heavy atom. The Kier molecular flexibility index (Phi) is 4.85. The molecule has 166 valence electrons. The van der Waals surface area contributed by atoms with E-state index in [2.05, 4.69) is 47.2 Å². The van der Waals surface area contributed by atoms with Gasteiger partial charge in [0.15, 0.2) is 0 Å². The average molecular weight is 447 g/mol. The number of aromatic amines is 2. The molecule has 0 aliphatic carbocycles. The van der Waals surface area contributed by atoms with Gasteiger partial charge in [0.25, 0.3) is 0 Å². The molecule has 0 saturated heterocycles. The van der Waals surface area contributed by atoms with Crippen molar-refractivity contribution in [3.05, 3.63) is 78.9 Å². The smallest absolute Gasteiger partial charge is 0.135 e. The molecule has 0 spiro atoms. The van der Waals surface area contributed by atoms with Gasteiger partial charge < -0.3 is 9.88 Å². The first-order valence-electron chi connectivity index (χ1n) is 11.0. The van der Waals surface area contributed by atoms with Gasteiger partial charge in [-0.05, 0) is 62.1 Å². The zero-order valence-electron chi connectivity index (χ0n) is 18.8. The normalized spacial score (nSPS) is 11.6. The lowest BCUT2D eigenvalue weighted by Gasteiger charge is -2.10. The van der Waals surface area contributed by atoms with Crippen molar-refractivity contribution in [3.8, 4) is 34.0 Å². The molecule has 0 saturated carbocycles. The van der Waals surface area contributed by atoms with Gasteiger partial charge in [-0.1, -0.05) is 6.07 Å². The summed E-state index contributed by atoms with van der Waals surface area (Å²) in [5, 5.41) is 8.68. The molecule has 0 unspecified atom stereocenters. The molecule has 6 aromatic heterocycles. The lowest BCUT2D eigenvalue weighted by atomic mass is 10.1. The number of fused-ring (bicyclic) bond motifs is 2. The molecule has 6 rings (SSSR count). The van der Waals surface area contributed by atoms with Crippen LogP contribution < -0.4 is 0 Å². The molecule has 8 heteroatoms. The highest BCUT2D eigenvalue weighted by Crippen LogP contribution is 2.32. The highest BCUT2D eigenvalue weighted by atomic mass is 15.1. The Hall–Kier alpha value is -4.43. The third kappa shape index (κ3) is 3.60. The second kappa shape index (κ2) is 8.17. The fraction of sp³-hybridized carbons (Fsp3) is 0.115. The van der Waals surface area contributed by atoms with Gasteiger partial charge in [-0.3, -0.25) is 20.1 Å². The highest BCUT2D eigenvalue weighted by Gasteiger charge is 2.16. The summed E-state index contributed by atoms with van der Waals surface area (Å²) in [6, 6.07) is 16.0. The molecular formula is C26H22N8. The molecule has 0 amide bonds. The van der Waals surface area contributed by atoms with Crippen molar-refractivity contribution in [1.82, 2.24) is 40.0 Å². The van der Waals surface area contributed by atoms with Gasteiger partial charge in [0.05, 0.1) is 28.3 Å². The molecule has 6 aromatic rings. The Labute approximate surface area is 195 Å². The summed E-state index contributed by atoms with van der Waals surface area (Å²) < 4.78 is 0. The van der Waals surface area contributed by atoms with Crippen LogP contribution in [0, 0.1) is 0 Å². The summed E-state index contributed by atoms with van der Waals surface area (Å²) in [4.78, 5) is 24.0. The van der Waals surface area contributed by atoms with Crippen molar-refractivity contribution >= 4 is 21.9 Å². The van der Waals surface area contributed by atoms with Crippen LogP contribution in [0.15, 0.2) is 73.3 Å². The summed E-state index contributed by atoms with van der Waals surface area (Å²) in [6.45, 7) is 0.821. The number of hydrogen-bond acceptors (Lipinski definition) is 6. The standard InChI is InChI=1S/C26H22N8/c1-34(2)15-16-11-17(14-27-13-16)19-6-7-22-25(31-19)26(33-32-22)23-12-18-20(30-23)8-10-29-24(18)21-5-3-4-9-28-21/h3-14,30H,15H2,1-2H3,(H,32,33). The number of pyridine rings is 4. The Morgan fingerprint density at radius 1 is 0.853 bits per heavy atom. The number of rotatable bonds is 5. The van der Waals surface area contributed by atoms with E-state index >= 15 is 0 Å². The van der Waals surface area contributed by atoms with Crippen LogP contribution in [0.4, 0.5) is 0 Å². The van der Waals surface area contributed by atoms with Crippen molar-refractivity contribution < 1.29 is 0 Å². The molecule has 0 atom stereocenters. The summed E-state index contributed by atoms with van der Waals surface area (Å²) in [6.07, 6.45) is 7.31. The van der Waals surface area contributed by atoms with E-state index in [4.69, 9.17) is 4.98 Å². The fourth-order valence-corrected chi connectivity index (χ4v) is 4.22. The monoisotopic (exact) mass is 446 g/mol. The van der Waals surface area contributed by atoms with Crippen LogP contribution in [-0.2, 0) is 6.54 Å². The fourth-order valence-electron chi connectivity index (χ4n) is 4.22. The Morgan fingerprint density at radius 2 is 1.79 bits per heavy atom. The highest BCUT2D eigenvalue weighted by molar-refractivity contribution is 5.98. The predicted octanol–water partition coefficient (Wildman–Crippen LogP) is 4.69. The van der Waals surface area contributed by atoms with Gasteiger partial charge in [-0.25, -0.2) is 4.98 Å². The second-order valence-electron chi connectivity index (χ2n) is 8.50. The number of nitrogens with zero attached hydrogens (tertiary/aromatic N) is 6. The average Bonchev–Trinajstić information content (AvgIpc) is 3.48. The zero-order chi connectivity index (χ0) is 23.1. The van der Waals surface area contributed by atoms with Crippen molar-refractivity contribution in [2.24, 2.45) is 0 Å². The van der Waals surface area contributed by atoms with E-state index in [0.29, 0.717) is 0 Å². The maximum Gasteiger partial charge on any atom is 0.135 e. The number of nitrogens with one attached hydrogen (secondary N) is 2. The summed E-state index contributed by atoms with van der Waals surface area (Å²) in [5.41, 5.74) is 8.91. The predicted molar refractivity (Wildman–Crippen MR) is 133 cm³/mol. The maximum atomic E-state index is 4.96. The molecule has 2 N–H and O–H groups in total. The SMILES string of the molecule is CN(C)Cc1cncc(-c2ccc3[nH]nc(-c4cc5c(-c6ccccn6)nccc5[nH]4)c3n2)c1. The first-order chi connectivity index (χ1) is 16.7. The quantitative estimate of drug-likeness (QED) is 0.399. The second-order valence-corrected chi connectivity index (χ2v) is 8.50. The molecular weight excluding hydrogens is 424 g/mol.